The van der Waals surface area contributed by atoms with Gasteiger partial charge in [0.15, 0.2) is 5.84 Å². The summed E-state index contributed by atoms with van der Waals surface area (Å²) in [6.45, 7) is 6.15. The lowest BCUT2D eigenvalue weighted by Crippen LogP contribution is -2.40. The van der Waals surface area contributed by atoms with Crippen molar-refractivity contribution >= 4 is 5.84 Å². The zero-order chi connectivity index (χ0) is 13.1. The molecule has 1 atom stereocenters. The third kappa shape index (κ3) is 2.48. The first-order valence-corrected chi connectivity index (χ1v) is 6.40. The van der Waals surface area contributed by atoms with Crippen molar-refractivity contribution in [1.29, 1.82) is 0 Å². The molecule has 1 fully saturated rings. The Hall–Kier alpha value is -1.55. The van der Waals surface area contributed by atoms with Gasteiger partial charge < -0.3 is 10.9 Å². The highest BCUT2D eigenvalue weighted by Crippen LogP contribution is 2.23. The molecule has 98 valence electrons. The summed E-state index contributed by atoms with van der Waals surface area (Å²) in [7, 11) is 0. The summed E-state index contributed by atoms with van der Waals surface area (Å²) in [5.41, 5.74) is 9.72. The van der Waals surface area contributed by atoms with Crippen LogP contribution in [0.3, 0.4) is 0 Å². The lowest BCUT2D eigenvalue weighted by molar-refractivity contribution is 0.274. The Morgan fingerprint density at radius 2 is 2.11 bits per heavy atom. The highest BCUT2D eigenvalue weighted by molar-refractivity contribution is 5.85. The summed E-state index contributed by atoms with van der Waals surface area (Å²) in [5.74, 6) is 0.332. The molecule has 3 N–H and O–H groups in total. The van der Waals surface area contributed by atoms with Crippen molar-refractivity contribution in [3.05, 3.63) is 34.9 Å². The number of oxime groups is 1. The first-order valence-electron chi connectivity index (χ1n) is 6.40. The molecule has 0 amide bonds. The normalized spacial score (nSPS) is 21.4. The van der Waals surface area contributed by atoms with E-state index in [4.69, 9.17) is 10.9 Å². The molecule has 4 heteroatoms. The SMILES string of the molecule is Cc1cccc(C)c1CN1CCCC1/C(N)=N/O. The quantitative estimate of drug-likeness (QED) is 0.372. The Morgan fingerprint density at radius 1 is 1.44 bits per heavy atom. The minimum absolute atomic E-state index is 0.0778. The van der Waals surface area contributed by atoms with E-state index in [0.717, 1.165) is 25.9 Å². The average molecular weight is 247 g/mol. The van der Waals surface area contributed by atoms with Crippen LogP contribution in [0.2, 0.25) is 0 Å². The predicted octanol–water partition coefficient (Wildman–Crippen LogP) is 2.01. The maximum Gasteiger partial charge on any atom is 0.156 e. The fourth-order valence-electron chi connectivity index (χ4n) is 2.72. The molecule has 0 bridgehead atoms. The molecular weight excluding hydrogens is 226 g/mol. The highest BCUT2D eigenvalue weighted by atomic mass is 16.4. The van der Waals surface area contributed by atoms with Crippen molar-refractivity contribution in [2.75, 3.05) is 6.54 Å². The molecule has 2 rings (SSSR count). The van der Waals surface area contributed by atoms with E-state index in [1.165, 1.54) is 16.7 Å². The number of nitrogens with zero attached hydrogens (tertiary/aromatic N) is 2. The van der Waals surface area contributed by atoms with E-state index in [1.54, 1.807) is 0 Å². The molecule has 0 aliphatic carbocycles. The van der Waals surface area contributed by atoms with Gasteiger partial charge in [-0.3, -0.25) is 4.90 Å². The van der Waals surface area contributed by atoms with Gasteiger partial charge in [-0.2, -0.15) is 0 Å². The molecule has 18 heavy (non-hydrogen) atoms. The van der Waals surface area contributed by atoms with E-state index >= 15 is 0 Å². The molecule has 0 saturated carbocycles. The van der Waals surface area contributed by atoms with E-state index < -0.39 is 0 Å². The molecule has 1 saturated heterocycles. The van der Waals surface area contributed by atoms with E-state index in [-0.39, 0.29) is 6.04 Å². The summed E-state index contributed by atoms with van der Waals surface area (Å²) in [4.78, 5) is 2.30. The minimum atomic E-state index is 0.0778. The third-order valence-corrected chi connectivity index (χ3v) is 3.83. The molecule has 4 nitrogen and oxygen atoms in total. The Morgan fingerprint density at radius 3 is 2.72 bits per heavy atom. The van der Waals surface area contributed by atoms with Gasteiger partial charge in [0.2, 0.25) is 0 Å². The molecule has 1 heterocycles. The average Bonchev–Trinajstić information content (AvgIpc) is 2.81. The van der Waals surface area contributed by atoms with Gasteiger partial charge >= 0.3 is 0 Å². The van der Waals surface area contributed by atoms with Gasteiger partial charge in [0, 0.05) is 6.54 Å². The van der Waals surface area contributed by atoms with Crippen molar-refractivity contribution in [3.63, 3.8) is 0 Å². The molecule has 1 aliphatic rings. The maximum atomic E-state index is 8.82. The van der Waals surface area contributed by atoms with Crippen LogP contribution in [0.1, 0.15) is 29.5 Å². The lowest BCUT2D eigenvalue weighted by Gasteiger charge is -2.25. The van der Waals surface area contributed by atoms with Gasteiger partial charge in [0.05, 0.1) is 6.04 Å². The van der Waals surface area contributed by atoms with Crippen molar-refractivity contribution in [1.82, 2.24) is 4.90 Å². The molecule has 1 aliphatic heterocycles. The second kappa shape index (κ2) is 5.40. The van der Waals surface area contributed by atoms with Gasteiger partial charge in [0.25, 0.3) is 0 Å². The van der Waals surface area contributed by atoms with Crippen LogP contribution in [0.4, 0.5) is 0 Å². The summed E-state index contributed by atoms with van der Waals surface area (Å²) >= 11 is 0. The van der Waals surface area contributed by atoms with Crippen molar-refractivity contribution in [2.24, 2.45) is 10.9 Å². The van der Waals surface area contributed by atoms with Crippen molar-refractivity contribution < 1.29 is 5.21 Å². The Kier molecular flexibility index (Phi) is 3.87. The second-order valence-electron chi connectivity index (χ2n) is 5.02. The van der Waals surface area contributed by atoms with Crippen LogP contribution in [0.15, 0.2) is 23.4 Å². The zero-order valence-corrected chi connectivity index (χ0v) is 11.1. The Balaban J connectivity index is 2.18. The number of hydrogen-bond donors (Lipinski definition) is 2. The topological polar surface area (TPSA) is 61.8 Å². The summed E-state index contributed by atoms with van der Waals surface area (Å²) in [6.07, 6.45) is 2.08. The first-order chi connectivity index (χ1) is 8.63. The van der Waals surface area contributed by atoms with Crippen LogP contribution in [0, 0.1) is 13.8 Å². The summed E-state index contributed by atoms with van der Waals surface area (Å²) < 4.78 is 0. The monoisotopic (exact) mass is 247 g/mol. The van der Waals surface area contributed by atoms with Crippen LogP contribution in [0.25, 0.3) is 0 Å². The van der Waals surface area contributed by atoms with Crippen LogP contribution in [-0.2, 0) is 6.54 Å². The fraction of sp³-hybridized carbons (Fsp3) is 0.500. The van der Waals surface area contributed by atoms with Gasteiger partial charge in [0.1, 0.15) is 0 Å². The highest BCUT2D eigenvalue weighted by Gasteiger charge is 2.28. The van der Waals surface area contributed by atoms with E-state index in [9.17, 15) is 0 Å². The largest absolute Gasteiger partial charge is 0.409 e. The molecular formula is C14H21N3O. The second-order valence-corrected chi connectivity index (χ2v) is 5.02. The van der Waals surface area contributed by atoms with Crippen LogP contribution in [0.5, 0.6) is 0 Å². The fourth-order valence-corrected chi connectivity index (χ4v) is 2.72. The van der Waals surface area contributed by atoms with Crippen molar-refractivity contribution in [3.8, 4) is 0 Å². The van der Waals surface area contributed by atoms with Crippen LogP contribution in [-0.4, -0.2) is 28.5 Å². The number of likely N-dealkylation sites (tertiary alicyclic amines) is 1. The van der Waals surface area contributed by atoms with Gasteiger partial charge in [-0.1, -0.05) is 23.4 Å². The number of hydrogen-bond acceptors (Lipinski definition) is 3. The van der Waals surface area contributed by atoms with Crippen LogP contribution < -0.4 is 5.73 Å². The van der Waals surface area contributed by atoms with E-state index in [0.29, 0.717) is 5.84 Å². The molecule has 0 spiro atoms. The van der Waals surface area contributed by atoms with E-state index in [1.807, 2.05) is 0 Å². The van der Waals surface area contributed by atoms with Gasteiger partial charge in [-0.25, -0.2) is 0 Å². The maximum absolute atomic E-state index is 8.82. The standard InChI is InChI=1S/C14H21N3O/c1-10-5-3-6-11(2)12(10)9-17-8-4-7-13(17)14(15)16-18/h3,5-6,13,18H,4,7-9H2,1-2H3,(H2,15,16). The number of benzene rings is 1. The molecule has 0 aromatic heterocycles. The Bertz CT molecular complexity index is 436. The molecule has 1 aromatic carbocycles. The van der Waals surface area contributed by atoms with E-state index in [2.05, 4.69) is 42.1 Å². The number of aryl methyl sites for hydroxylation is 2. The van der Waals surface area contributed by atoms with Crippen molar-refractivity contribution in [2.45, 2.75) is 39.3 Å². The first kappa shape index (κ1) is 12.9. The Labute approximate surface area is 108 Å². The smallest absolute Gasteiger partial charge is 0.156 e. The minimum Gasteiger partial charge on any atom is -0.409 e. The number of nitrogens with two attached hydrogens (primary N) is 1. The summed E-state index contributed by atoms with van der Waals surface area (Å²) in [6, 6.07) is 6.43. The van der Waals surface area contributed by atoms with Crippen LogP contribution >= 0.6 is 0 Å². The lowest BCUT2D eigenvalue weighted by atomic mass is 10.0. The predicted molar refractivity (Wildman–Crippen MR) is 72.8 cm³/mol. The number of amidine groups is 1. The molecule has 0 radical (unpaired) electrons. The van der Waals surface area contributed by atoms with Gasteiger partial charge in [-0.05, 0) is 49.9 Å². The number of rotatable bonds is 3. The third-order valence-electron chi connectivity index (χ3n) is 3.83. The zero-order valence-electron chi connectivity index (χ0n) is 11.1. The molecule has 1 unspecified atom stereocenters. The molecule has 1 aromatic rings. The van der Waals surface area contributed by atoms with Gasteiger partial charge in [-0.15, -0.1) is 0 Å². The summed E-state index contributed by atoms with van der Waals surface area (Å²) in [5, 5.41) is 12.0.